The molecule has 0 amide bonds. The highest BCUT2D eigenvalue weighted by Crippen LogP contribution is 2.67. The van der Waals surface area contributed by atoms with Crippen molar-refractivity contribution in [3.05, 3.63) is 0 Å². The number of fused-ring (bicyclic) bond motifs is 5. The highest BCUT2D eigenvalue weighted by molar-refractivity contribution is 5.92. The highest BCUT2D eigenvalue weighted by atomic mass is 16.7. The van der Waals surface area contributed by atoms with Gasteiger partial charge in [-0.3, -0.25) is 9.59 Å². The third kappa shape index (κ3) is 3.12. The lowest BCUT2D eigenvalue weighted by molar-refractivity contribution is -0.216. The van der Waals surface area contributed by atoms with Gasteiger partial charge in [-0.2, -0.15) is 0 Å². The second-order valence-corrected chi connectivity index (χ2v) is 11.3. The van der Waals surface area contributed by atoms with Crippen molar-refractivity contribution in [2.75, 3.05) is 27.1 Å². The molecule has 0 aromatic carbocycles. The van der Waals surface area contributed by atoms with Crippen LogP contribution < -0.4 is 0 Å². The van der Waals surface area contributed by atoms with Gasteiger partial charge < -0.3 is 18.9 Å². The molecule has 0 spiro atoms. The Morgan fingerprint density at radius 3 is 2.45 bits per heavy atom. The minimum atomic E-state index is -0.701. The first-order valence-electron chi connectivity index (χ1n) is 12.2. The lowest BCUT2D eigenvalue weighted by atomic mass is 9.44. The molecule has 174 valence electrons. The van der Waals surface area contributed by atoms with Crippen molar-refractivity contribution in [1.29, 1.82) is 0 Å². The average Bonchev–Trinajstić information content (AvgIpc) is 3.33. The van der Waals surface area contributed by atoms with E-state index in [0.717, 1.165) is 32.1 Å². The zero-order valence-corrected chi connectivity index (χ0v) is 19.5. The lowest BCUT2D eigenvalue weighted by Gasteiger charge is -2.59. The van der Waals surface area contributed by atoms with E-state index in [0.29, 0.717) is 50.3 Å². The van der Waals surface area contributed by atoms with Crippen LogP contribution >= 0.6 is 0 Å². The molecule has 1 saturated heterocycles. The Hall–Kier alpha value is -0.820. The Morgan fingerprint density at radius 2 is 1.74 bits per heavy atom. The van der Waals surface area contributed by atoms with Crippen molar-refractivity contribution in [3.63, 3.8) is 0 Å². The van der Waals surface area contributed by atoms with Gasteiger partial charge in [0.15, 0.2) is 5.79 Å². The molecule has 1 heterocycles. The molecule has 0 unspecified atom stereocenters. The molecule has 5 fully saturated rings. The Bertz CT molecular complexity index is 744. The standard InChI is InChI=1S/C25H38O6/c1-23-8-7-16(29-14-28-4)11-15(23)12-19(26)22-17-5-6-20(25(3)30-9-10-31-25)24(17,2)21(27)13-18(22)23/h15-18,20,22H,5-14H2,1-4H3/t15-,16+,17-,18-,20-,22-,23-,24-/m0/s1. The predicted octanol–water partition coefficient (Wildman–Crippen LogP) is 3.76. The van der Waals surface area contributed by atoms with Gasteiger partial charge in [0.2, 0.25) is 0 Å². The summed E-state index contributed by atoms with van der Waals surface area (Å²) in [7, 11) is 1.64. The van der Waals surface area contributed by atoms with Gasteiger partial charge in [0.25, 0.3) is 0 Å². The smallest absolute Gasteiger partial charge is 0.169 e. The fourth-order valence-electron chi connectivity index (χ4n) is 8.50. The summed E-state index contributed by atoms with van der Waals surface area (Å²) in [6, 6.07) is 0. The van der Waals surface area contributed by atoms with Gasteiger partial charge >= 0.3 is 0 Å². The molecule has 5 rings (SSSR count). The summed E-state index contributed by atoms with van der Waals surface area (Å²) in [5.41, 5.74) is -0.497. The maximum absolute atomic E-state index is 13.8. The topological polar surface area (TPSA) is 71.1 Å². The van der Waals surface area contributed by atoms with E-state index in [1.807, 2.05) is 6.92 Å². The molecule has 0 radical (unpaired) electrons. The fourth-order valence-corrected chi connectivity index (χ4v) is 8.50. The second kappa shape index (κ2) is 7.61. The summed E-state index contributed by atoms with van der Waals surface area (Å²) >= 11 is 0. The molecule has 4 saturated carbocycles. The zero-order valence-electron chi connectivity index (χ0n) is 19.5. The van der Waals surface area contributed by atoms with Gasteiger partial charge in [0, 0.05) is 37.2 Å². The molecule has 5 aliphatic rings. The molecule has 4 aliphatic carbocycles. The van der Waals surface area contributed by atoms with Crippen LogP contribution in [-0.2, 0) is 28.5 Å². The second-order valence-electron chi connectivity index (χ2n) is 11.3. The molecule has 0 N–H and O–H groups in total. The van der Waals surface area contributed by atoms with E-state index < -0.39 is 11.2 Å². The van der Waals surface area contributed by atoms with E-state index in [4.69, 9.17) is 18.9 Å². The molecule has 0 bridgehead atoms. The number of carbonyl (C=O) groups excluding carboxylic acids is 2. The average molecular weight is 435 g/mol. The number of hydrogen-bond donors (Lipinski definition) is 0. The van der Waals surface area contributed by atoms with Crippen LogP contribution in [0, 0.1) is 40.4 Å². The monoisotopic (exact) mass is 434 g/mol. The van der Waals surface area contributed by atoms with Gasteiger partial charge in [-0.05, 0) is 62.2 Å². The summed E-state index contributed by atoms with van der Waals surface area (Å²) in [6.45, 7) is 7.93. The predicted molar refractivity (Wildman–Crippen MR) is 113 cm³/mol. The Labute approximate surface area is 185 Å². The number of methoxy groups -OCH3 is 1. The summed E-state index contributed by atoms with van der Waals surface area (Å²) in [6.07, 6.45) is 6.01. The first kappa shape index (κ1) is 22.0. The number of hydrogen-bond acceptors (Lipinski definition) is 6. The van der Waals surface area contributed by atoms with Crippen LogP contribution in [0.25, 0.3) is 0 Å². The summed E-state index contributed by atoms with van der Waals surface area (Å²) in [5.74, 6) is 0.591. The van der Waals surface area contributed by atoms with Crippen LogP contribution in [0.2, 0.25) is 0 Å². The zero-order chi connectivity index (χ0) is 22.0. The quantitative estimate of drug-likeness (QED) is 0.628. The van der Waals surface area contributed by atoms with E-state index in [1.165, 1.54) is 0 Å². The summed E-state index contributed by atoms with van der Waals surface area (Å²) in [4.78, 5) is 27.4. The van der Waals surface area contributed by atoms with E-state index in [1.54, 1.807) is 7.11 Å². The van der Waals surface area contributed by atoms with Gasteiger partial charge in [-0.15, -0.1) is 0 Å². The van der Waals surface area contributed by atoms with Crippen molar-refractivity contribution >= 4 is 11.6 Å². The van der Waals surface area contributed by atoms with Crippen LogP contribution in [0.3, 0.4) is 0 Å². The van der Waals surface area contributed by atoms with E-state index in [9.17, 15) is 9.59 Å². The largest absolute Gasteiger partial charge is 0.359 e. The lowest BCUT2D eigenvalue weighted by Crippen LogP contribution is -2.61. The van der Waals surface area contributed by atoms with Gasteiger partial charge in [-0.1, -0.05) is 13.8 Å². The van der Waals surface area contributed by atoms with Crippen LogP contribution in [0.15, 0.2) is 0 Å². The minimum Gasteiger partial charge on any atom is -0.359 e. The van der Waals surface area contributed by atoms with Crippen LogP contribution in [0.4, 0.5) is 0 Å². The SMILES string of the molecule is COCO[C@@H]1CC[C@@]2(C)[C@H](CC(=O)[C@@H]3[C@@H]2CC(=O)[C@]2(C)[C@@H](C4(C)OCCO4)CC[C@@H]32)C1. The molecule has 6 heteroatoms. The molecule has 0 aromatic rings. The number of rotatable bonds is 4. The molecule has 0 aromatic heterocycles. The maximum Gasteiger partial charge on any atom is 0.169 e. The third-order valence-electron chi connectivity index (χ3n) is 10.2. The Balaban J connectivity index is 1.43. The van der Waals surface area contributed by atoms with Crippen molar-refractivity contribution in [3.8, 4) is 0 Å². The van der Waals surface area contributed by atoms with Crippen molar-refractivity contribution in [2.24, 2.45) is 40.4 Å². The minimum absolute atomic E-state index is 0.00426. The number of Topliss-reactive ketones (excluding diaryl/α,β-unsaturated/α-hetero) is 2. The first-order chi connectivity index (χ1) is 14.7. The Kier molecular flexibility index (Phi) is 5.40. The summed E-state index contributed by atoms with van der Waals surface area (Å²) < 4.78 is 23.0. The molecule has 8 atom stereocenters. The van der Waals surface area contributed by atoms with Gasteiger partial charge in [0.05, 0.1) is 19.3 Å². The van der Waals surface area contributed by atoms with E-state index in [2.05, 4.69) is 13.8 Å². The first-order valence-corrected chi connectivity index (χ1v) is 12.2. The van der Waals surface area contributed by atoms with Crippen molar-refractivity contribution in [2.45, 2.75) is 77.6 Å². The van der Waals surface area contributed by atoms with E-state index >= 15 is 0 Å². The van der Waals surface area contributed by atoms with Gasteiger partial charge in [0.1, 0.15) is 18.4 Å². The van der Waals surface area contributed by atoms with Crippen molar-refractivity contribution in [1.82, 2.24) is 0 Å². The van der Waals surface area contributed by atoms with E-state index in [-0.39, 0.29) is 35.2 Å². The van der Waals surface area contributed by atoms with Crippen LogP contribution in [0.1, 0.15) is 65.7 Å². The Morgan fingerprint density at radius 1 is 1.00 bits per heavy atom. The van der Waals surface area contributed by atoms with Crippen molar-refractivity contribution < 1.29 is 28.5 Å². The molecule has 1 aliphatic heterocycles. The number of ether oxygens (including phenoxy) is 4. The van der Waals surface area contributed by atoms with Crippen LogP contribution in [-0.4, -0.2) is 50.6 Å². The number of ketones is 2. The third-order valence-corrected chi connectivity index (χ3v) is 10.2. The molecule has 6 nitrogen and oxygen atoms in total. The van der Waals surface area contributed by atoms with Crippen LogP contribution in [0.5, 0.6) is 0 Å². The fraction of sp³-hybridized carbons (Fsp3) is 0.920. The summed E-state index contributed by atoms with van der Waals surface area (Å²) in [5, 5.41) is 0. The maximum atomic E-state index is 13.8. The molecule has 31 heavy (non-hydrogen) atoms. The normalized spacial score (nSPS) is 48.9. The highest BCUT2D eigenvalue weighted by Gasteiger charge is 2.68. The number of carbonyl (C=O) groups is 2. The van der Waals surface area contributed by atoms with Gasteiger partial charge in [-0.25, -0.2) is 0 Å². The molecular weight excluding hydrogens is 396 g/mol. The molecular formula is C25H38O6.